The molecule has 0 radical (unpaired) electrons. The van der Waals surface area contributed by atoms with E-state index in [0.29, 0.717) is 90.2 Å². The van der Waals surface area contributed by atoms with E-state index in [9.17, 15) is 20.4 Å². The lowest BCUT2D eigenvalue weighted by Crippen LogP contribution is -2.40. The van der Waals surface area contributed by atoms with Gasteiger partial charge in [0.15, 0.2) is 22.9 Å². The molecule has 10 heterocycles. The molecule has 0 amide bonds. The zero-order chi connectivity index (χ0) is 98.7. The largest absolute Gasteiger partial charge is 0.490 e. The van der Waals surface area contributed by atoms with E-state index in [1.54, 1.807) is 35.7 Å². The summed E-state index contributed by atoms with van der Waals surface area (Å²) in [4.78, 5) is 18.6. The normalized spacial score (nSPS) is 16.0. The summed E-state index contributed by atoms with van der Waals surface area (Å²) < 4.78 is 48.0. The van der Waals surface area contributed by atoms with Gasteiger partial charge in [-0.2, -0.15) is 0 Å². The first-order chi connectivity index (χ1) is 71.1. The van der Waals surface area contributed by atoms with Crippen LogP contribution < -0.4 is 18.9 Å². The number of para-hydroxylation sites is 4. The van der Waals surface area contributed by atoms with Crippen molar-refractivity contribution in [2.24, 2.45) is 0 Å². The van der Waals surface area contributed by atoms with Crippen LogP contribution in [0.2, 0.25) is 0 Å². The van der Waals surface area contributed by atoms with Gasteiger partial charge in [-0.05, 0) is 279 Å². The molecule has 23 rings (SSSR count). The molecule has 0 saturated carbocycles. The number of hydrogen-bond acceptors (Lipinski definition) is 23. The van der Waals surface area contributed by atoms with E-state index in [-0.39, 0.29) is 26.4 Å². The Morgan fingerprint density at radius 2 is 0.766 bits per heavy atom. The number of thiazole rings is 2. The van der Waals surface area contributed by atoms with Crippen molar-refractivity contribution < 1.29 is 57.1 Å². The lowest BCUT2D eigenvalue weighted by Gasteiger charge is -2.33. The molecule has 4 saturated heterocycles. The summed E-state index contributed by atoms with van der Waals surface area (Å²) in [6.45, 7) is 16.9. The average Bonchev–Trinajstić information content (AvgIpc) is 1.70. The molecule has 21 nitrogen and oxygen atoms in total. The van der Waals surface area contributed by atoms with Gasteiger partial charge in [0, 0.05) is 67.1 Å². The van der Waals surface area contributed by atoms with Crippen LogP contribution in [-0.2, 0) is 0 Å². The minimum Gasteiger partial charge on any atom is -0.490 e. The van der Waals surface area contributed by atoms with E-state index in [4.69, 9.17) is 36.7 Å². The first-order valence-corrected chi connectivity index (χ1v) is 52.5. The van der Waals surface area contributed by atoms with Crippen LogP contribution in [0.1, 0.15) is 136 Å². The Bertz CT molecular complexity index is 7320. The monoisotopic (exact) mass is 1970 g/mol. The van der Waals surface area contributed by atoms with Gasteiger partial charge in [0.2, 0.25) is 17.5 Å². The molecule has 0 unspecified atom stereocenters. The number of fused-ring (bicyclic) bond motifs is 7. The number of rotatable bonds is 30. The number of hydrogen-bond donors (Lipinski definition) is 4. The molecular formula is C122H123N9O12S2. The summed E-state index contributed by atoms with van der Waals surface area (Å²) in [6.07, 6.45) is 14.4. The molecule has 145 heavy (non-hydrogen) atoms. The third-order valence-electron chi connectivity index (χ3n) is 28.2. The van der Waals surface area contributed by atoms with Crippen LogP contribution in [0.4, 0.5) is 0 Å². The molecule has 4 fully saturated rings. The Hall–Kier alpha value is -13.8. The van der Waals surface area contributed by atoms with Crippen molar-refractivity contribution in [2.45, 2.75) is 120 Å². The molecule has 13 aromatic carbocycles. The molecule has 4 aliphatic heterocycles. The number of likely N-dealkylation sites (tertiary alicyclic amines) is 4. The van der Waals surface area contributed by atoms with E-state index in [2.05, 4.69) is 221 Å². The fourth-order valence-electron chi connectivity index (χ4n) is 20.5. The Morgan fingerprint density at radius 1 is 0.359 bits per heavy atom. The van der Waals surface area contributed by atoms with E-state index in [1.165, 1.54) is 70.0 Å². The van der Waals surface area contributed by atoms with Crippen LogP contribution in [0.3, 0.4) is 0 Å². The predicted molar refractivity (Wildman–Crippen MR) is 583 cm³/mol. The van der Waals surface area contributed by atoms with Crippen molar-refractivity contribution in [1.82, 2.24) is 44.9 Å². The SMILES string of the molecule is Cc1cc(-c2cc3cccc(OC[C@@H](O)CN4CCC(c5ccc6ccccc6c5)CC4)c3o2)on1.Cc1nc(-c2cc3c(OC[C@@H](O)CN4CCC(c5ccc6ccccc6c5)CC4)cccc3o2)cs1.Cc1nnc(/C=C/c2ccccc2OC[C@@H](O)CN2CCC(c3ccc4ccccc4c3)CC2)o1.O[C@H](COc1ccccc1/C=C/c1nc2ccccc2s1)CN1CCC(c2ccc3ccccc3c2)CC1. The highest BCUT2D eigenvalue weighted by Crippen LogP contribution is 2.41. The van der Waals surface area contributed by atoms with E-state index >= 15 is 0 Å². The summed E-state index contributed by atoms with van der Waals surface area (Å²) in [6, 6.07) is 103. The molecule has 0 bridgehead atoms. The Morgan fingerprint density at radius 3 is 1.21 bits per heavy atom. The first-order valence-electron chi connectivity index (χ1n) is 50.8. The maximum absolute atomic E-state index is 10.8. The molecule has 23 heteroatoms. The summed E-state index contributed by atoms with van der Waals surface area (Å²) in [5.74, 6) is 8.04. The number of nitrogens with zero attached hydrogens (tertiary/aromatic N) is 9. The van der Waals surface area contributed by atoms with Gasteiger partial charge in [-0.3, -0.25) is 0 Å². The van der Waals surface area contributed by atoms with Crippen LogP contribution in [0.15, 0.2) is 320 Å². The van der Waals surface area contributed by atoms with E-state index < -0.39 is 24.4 Å². The predicted octanol–water partition coefficient (Wildman–Crippen LogP) is 25.4. The first kappa shape index (κ1) is 98.6. The number of β-amino-alcohol motifs (C(OH)–C–C–N with tert-alkyl or cyclic N) is 4. The van der Waals surface area contributed by atoms with Crippen molar-refractivity contribution in [3.63, 3.8) is 0 Å². The number of aliphatic hydroxyl groups excluding tert-OH is 4. The molecule has 740 valence electrons. The van der Waals surface area contributed by atoms with Crippen molar-refractivity contribution >= 4 is 122 Å². The number of benzene rings is 13. The van der Waals surface area contributed by atoms with E-state index in [1.807, 2.05) is 159 Å². The number of furan rings is 2. The Kier molecular flexibility index (Phi) is 32.2. The van der Waals surface area contributed by atoms with Gasteiger partial charge in [-0.25, -0.2) is 9.97 Å². The Labute approximate surface area is 853 Å². The van der Waals surface area contributed by atoms with Crippen LogP contribution in [-0.4, -0.2) is 195 Å². The van der Waals surface area contributed by atoms with Crippen LogP contribution in [0, 0.1) is 20.8 Å². The van der Waals surface area contributed by atoms with Crippen molar-refractivity contribution in [3.05, 3.63) is 364 Å². The quantitative estimate of drug-likeness (QED) is 0.0327. The fraction of sp³-hybridized carbons (Fsp3) is 0.287. The highest BCUT2D eigenvalue weighted by molar-refractivity contribution is 7.19. The minimum atomic E-state index is -0.580. The third kappa shape index (κ3) is 25.8. The van der Waals surface area contributed by atoms with Gasteiger partial charge in [0.1, 0.15) is 84.4 Å². The summed E-state index contributed by atoms with van der Waals surface area (Å²) >= 11 is 3.28. The van der Waals surface area contributed by atoms with Gasteiger partial charge in [0.05, 0.1) is 26.3 Å². The maximum Gasteiger partial charge on any atom is 0.240 e. The summed E-state index contributed by atoms with van der Waals surface area (Å²) in [5, 5.41) is 70.8. The molecular weight excluding hydrogens is 1850 g/mol. The molecule has 6 aromatic heterocycles. The lowest BCUT2D eigenvalue weighted by molar-refractivity contribution is 0.0593. The van der Waals surface area contributed by atoms with Crippen molar-refractivity contribution in [1.29, 1.82) is 0 Å². The van der Waals surface area contributed by atoms with Gasteiger partial charge in [-0.1, -0.05) is 242 Å². The number of piperidine rings is 4. The highest BCUT2D eigenvalue weighted by Gasteiger charge is 2.30. The van der Waals surface area contributed by atoms with Crippen LogP contribution >= 0.6 is 22.7 Å². The number of aryl methyl sites for hydroxylation is 3. The van der Waals surface area contributed by atoms with Crippen LogP contribution in [0.5, 0.6) is 23.0 Å². The average molecular weight is 1970 g/mol. The number of aliphatic hydroxyl groups is 4. The topological polar surface area (TPSA) is 248 Å². The maximum atomic E-state index is 10.8. The molecule has 4 aliphatic rings. The van der Waals surface area contributed by atoms with E-state index in [0.717, 1.165) is 175 Å². The van der Waals surface area contributed by atoms with Gasteiger partial charge in [0.25, 0.3) is 0 Å². The molecule has 0 aliphatic carbocycles. The zero-order valence-electron chi connectivity index (χ0n) is 82.2. The smallest absolute Gasteiger partial charge is 0.240 e. The molecule has 0 spiro atoms. The second kappa shape index (κ2) is 47.4. The van der Waals surface area contributed by atoms with Crippen LogP contribution in [0.25, 0.3) is 123 Å². The second-order valence-corrected chi connectivity index (χ2v) is 40.8. The van der Waals surface area contributed by atoms with Crippen molar-refractivity contribution in [3.8, 4) is 46.0 Å². The zero-order valence-corrected chi connectivity index (χ0v) is 83.8. The van der Waals surface area contributed by atoms with Gasteiger partial charge in [-0.15, -0.1) is 32.9 Å². The number of aromatic nitrogens is 5. The molecule has 4 atom stereocenters. The third-order valence-corrected chi connectivity index (χ3v) is 30.0. The molecule has 19 aromatic rings. The van der Waals surface area contributed by atoms with Gasteiger partial charge >= 0.3 is 0 Å². The van der Waals surface area contributed by atoms with Crippen molar-refractivity contribution in [2.75, 3.05) is 105 Å². The van der Waals surface area contributed by atoms with Gasteiger partial charge < -0.3 is 76.7 Å². The Balaban J connectivity index is 0.000000118. The summed E-state index contributed by atoms with van der Waals surface area (Å²) in [7, 11) is 0. The minimum absolute atomic E-state index is 0.209. The highest BCUT2D eigenvalue weighted by atomic mass is 32.1. The standard InChI is InChI=1S/C33H32N2O2S.C30H30N2O4.C30H30N2O3S.C29H31N3O3/c36-29(22-35-19-17-25(18-20-35)28-14-13-24-7-1-2-9-27(24)21-28)23-37-31-11-5-3-8-26(31)15-16-33-34-30-10-4-6-12-32(30)38-33;1-20-15-29(36-31-20)28-17-25-7-4-8-27(30(25)35-28)34-19-26(33)18-32-13-11-22(12-14-32)24-10-9-21-5-2-3-6-23(21)16-24;1-20-31-27(19-36-20)30-16-26-28(7-4-8-29(26)35-30)34-18-25(33)17-32-13-11-22(12-14-32)24-10-9-21-5-2-3-6-23(21)15-24;1-21-30-31-29(35-21)13-12-24-7-4-5-9-28(24)34-20-27(33)19-32-16-14-23(15-17-32)26-11-10-22-6-2-3-8-25(22)18-26/h1-16,21,25,29,36H,17-20,22-23H2;2-10,15-17,22,26,33H,11-14,18-19H2,1H3;2-10,15-16,19,22,25,33H,11-14,17-18H2,1H3;2-13,18,23,27,33H,14-17,19-20H2,1H3/b16-15+;;;13-12+/t29-;26-;25-;27-/m0000/s1. The second-order valence-electron chi connectivity index (χ2n) is 38.7. The summed E-state index contributed by atoms with van der Waals surface area (Å²) in [5.41, 5.74) is 11.6. The fourth-order valence-corrected chi connectivity index (χ4v) is 21.9. The molecule has 4 N–H and O–H groups in total. The lowest BCUT2D eigenvalue weighted by atomic mass is 9.88. The number of ether oxygens (including phenoxy) is 4.